The Labute approximate surface area is 134 Å². The second-order valence-corrected chi connectivity index (χ2v) is 6.30. The molecule has 1 fully saturated rings. The lowest BCUT2D eigenvalue weighted by Crippen LogP contribution is -2.28. The Morgan fingerprint density at radius 3 is 2.83 bits per heavy atom. The third-order valence-electron chi connectivity index (χ3n) is 3.45. The molecule has 120 valence electrons. The molecule has 0 radical (unpaired) electrons. The number of carbonyl (C=O) groups is 2. The average molecular weight is 338 g/mol. The Hall–Kier alpha value is -2.42. The summed E-state index contributed by atoms with van der Waals surface area (Å²) in [5.41, 5.74) is -0.0292. The Bertz CT molecular complexity index is 780. The van der Waals surface area contributed by atoms with E-state index in [1.54, 1.807) is 6.92 Å². The van der Waals surface area contributed by atoms with E-state index >= 15 is 0 Å². The standard InChI is InChI=1S/C14H12F2N4O2S/c1-7-18-19-14(23-7)17-13(22)8-4-12(21)20(6-8)11-3-2-9(15)5-10(11)16/h2-3,5,8H,4,6H2,1H3,(H,17,19,22). The molecular formula is C14H12F2N4O2S. The van der Waals surface area contributed by atoms with Crippen LogP contribution in [0.2, 0.25) is 0 Å². The van der Waals surface area contributed by atoms with Gasteiger partial charge in [0.15, 0.2) is 0 Å². The van der Waals surface area contributed by atoms with Crippen LogP contribution in [0.3, 0.4) is 0 Å². The normalized spacial score (nSPS) is 17.6. The van der Waals surface area contributed by atoms with Crippen LogP contribution >= 0.6 is 11.3 Å². The maximum atomic E-state index is 13.8. The fourth-order valence-electron chi connectivity index (χ4n) is 2.37. The Balaban J connectivity index is 1.73. The van der Waals surface area contributed by atoms with Crippen molar-refractivity contribution in [3.63, 3.8) is 0 Å². The molecule has 23 heavy (non-hydrogen) atoms. The molecule has 1 aromatic heterocycles. The maximum absolute atomic E-state index is 13.8. The Morgan fingerprint density at radius 2 is 2.17 bits per heavy atom. The fourth-order valence-corrected chi connectivity index (χ4v) is 2.97. The monoisotopic (exact) mass is 338 g/mol. The van der Waals surface area contributed by atoms with E-state index in [-0.39, 0.29) is 30.5 Å². The number of hydrogen-bond acceptors (Lipinski definition) is 5. The van der Waals surface area contributed by atoms with Gasteiger partial charge < -0.3 is 10.2 Å². The largest absolute Gasteiger partial charge is 0.309 e. The second kappa shape index (κ2) is 5.99. The van der Waals surface area contributed by atoms with Crippen LogP contribution in [0.15, 0.2) is 18.2 Å². The number of hydrogen-bond donors (Lipinski definition) is 1. The number of amides is 2. The highest BCUT2D eigenvalue weighted by molar-refractivity contribution is 7.15. The quantitative estimate of drug-likeness (QED) is 0.930. The summed E-state index contributed by atoms with van der Waals surface area (Å²) in [4.78, 5) is 25.4. The van der Waals surface area contributed by atoms with Gasteiger partial charge in [0.2, 0.25) is 16.9 Å². The lowest BCUT2D eigenvalue weighted by Gasteiger charge is -2.17. The van der Waals surface area contributed by atoms with Gasteiger partial charge in [0, 0.05) is 19.0 Å². The van der Waals surface area contributed by atoms with Crippen molar-refractivity contribution in [3.05, 3.63) is 34.8 Å². The molecule has 0 aliphatic carbocycles. The third kappa shape index (κ3) is 3.19. The van der Waals surface area contributed by atoms with E-state index in [0.717, 1.165) is 11.0 Å². The topological polar surface area (TPSA) is 75.2 Å². The number of nitrogens with one attached hydrogen (secondary N) is 1. The number of carbonyl (C=O) groups excluding carboxylic acids is 2. The molecule has 2 aromatic rings. The number of aryl methyl sites for hydroxylation is 1. The molecule has 2 amide bonds. The van der Waals surface area contributed by atoms with E-state index in [2.05, 4.69) is 15.5 Å². The molecule has 1 aliphatic heterocycles. The minimum Gasteiger partial charge on any atom is -0.309 e. The van der Waals surface area contributed by atoms with Crippen LogP contribution in [0.5, 0.6) is 0 Å². The first-order valence-electron chi connectivity index (χ1n) is 6.80. The van der Waals surface area contributed by atoms with Crippen LogP contribution in [-0.2, 0) is 9.59 Å². The van der Waals surface area contributed by atoms with E-state index in [1.807, 2.05) is 0 Å². The molecule has 0 saturated carbocycles. The van der Waals surface area contributed by atoms with Gasteiger partial charge in [0.05, 0.1) is 11.6 Å². The molecule has 9 heteroatoms. The Morgan fingerprint density at radius 1 is 1.39 bits per heavy atom. The van der Waals surface area contributed by atoms with Crippen molar-refractivity contribution in [2.45, 2.75) is 13.3 Å². The van der Waals surface area contributed by atoms with E-state index in [9.17, 15) is 18.4 Å². The molecule has 1 atom stereocenters. The van der Waals surface area contributed by atoms with Crippen LogP contribution in [0.4, 0.5) is 19.6 Å². The summed E-state index contributed by atoms with van der Waals surface area (Å²) in [6, 6.07) is 2.97. The number of rotatable bonds is 3. The van der Waals surface area contributed by atoms with Crippen molar-refractivity contribution in [2.24, 2.45) is 5.92 Å². The van der Waals surface area contributed by atoms with Gasteiger partial charge in [-0.05, 0) is 19.1 Å². The smallest absolute Gasteiger partial charge is 0.231 e. The van der Waals surface area contributed by atoms with Crippen LogP contribution in [0.1, 0.15) is 11.4 Å². The zero-order valence-corrected chi connectivity index (χ0v) is 12.9. The van der Waals surface area contributed by atoms with Gasteiger partial charge in [-0.15, -0.1) is 10.2 Å². The van der Waals surface area contributed by atoms with E-state index < -0.39 is 17.6 Å². The highest BCUT2D eigenvalue weighted by Crippen LogP contribution is 2.28. The van der Waals surface area contributed by atoms with Gasteiger partial charge in [-0.3, -0.25) is 9.59 Å². The molecule has 1 unspecified atom stereocenters. The second-order valence-electron chi connectivity index (χ2n) is 5.12. The van der Waals surface area contributed by atoms with Crippen LogP contribution in [0.25, 0.3) is 0 Å². The summed E-state index contributed by atoms with van der Waals surface area (Å²) in [6.45, 7) is 1.79. The minimum atomic E-state index is -0.834. The van der Waals surface area contributed by atoms with Gasteiger partial charge in [-0.1, -0.05) is 11.3 Å². The van der Waals surface area contributed by atoms with Gasteiger partial charge in [0.1, 0.15) is 16.6 Å². The summed E-state index contributed by atoms with van der Waals surface area (Å²) in [7, 11) is 0. The molecule has 1 aromatic carbocycles. The predicted molar refractivity (Wildman–Crippen MR) is 80.1 cm³/mol. The molecule has 2 heterocycles. The van der Waals surface area contributed by atoms with Crippen molar-refractivity contribution in [2.75, 3.05) is 16.8 Å². The van der Waals surface area contributed by atoms with Crippen molar-refractivity contribution in [1.29, 1.82) is 0 Å². The van der Waals surface area contributed by atoms with Gasteiger partial charge in [-0.25, -0.2) is 8.78 Å². The summed E-state index contributed by atoms with van der Waals surface area (Å²) in [5, 5.41) is 11.2. The zero-order chi connectivity index (χ0) is 16.6. The molecule has 0 spiro atoms. The maximum Gasteiger partial charge on any atom is 0.231 e. The fraction of sp³-hybridized carbons (Fsp3) is 0.286. The van der Waals surface area contributed by atoms with Crippen molar-refractivity contribution >= 4 is 34.0 Å². The lowest BCUT2D eigenvalue weighted by molar-refractivity contribution is -0.122. The molecule has 1 aliphatic rings. The first-order chi connectivity index (χ1) is 10.9. The van der Waals surface area contributed by atoms with E-state index in [1.165, 1.54) is 17.4 Å². The number of nitrogens with zero attached hydrogens (tertiary/aromatic N) is 3. The molecular weight excluding hydrogens is 326 g/mol. The average Bonchev–Trinajstić information content (AvgIpc) is 3.05. The van der Waals surface area contributed by atoms with Crippen LogP contribution < -0.4 is 10.2 Å². The molecule has 1 saturated heterocycles. The summed E-state index contributed by atoms with van der Waals surface area (Å²) in [6.07, 6.45) is -0.0412. The highest BCUT2D eigenvalue weighted by Gasteiger charge is 2.36. The number of benzene rings is 1. The first kappa shape index (κ1) is 15.5. The summed E-state index contributed by atoms with van der Waals surface area (Å²) in [5.74, 6) is -2.95. The van der Waals surface area contributed by atoms with Gasteiger partial charge in [-0.2, -0.15) is 0 Å². The highest BCUT2D eigenvalue weighted by atomic mass is 32.1. The van der Waals surface area contributed by atoms with Crippen molar-refractivity contribution < 1.29 is 18.4 Å². The van der Waals surface area contributed by atoms with Crippen molar-refractivity contribution in [3.8, 4) is 0 Å². The molecule has 1 N–H and O–H groups in total. The summed E-state index contributed by atoms with van der Waals surface area (Å²) < 4.78 is 26.8. The van der Waals surface area contributed by atoms with Crippen molar-refractivity contribution in [1.82, 2.24) is 10.2 Å². The van der Waals surface area contributed by atoms with Crippen LogP contribution in [0, 0.1) is 24.5 Å². The van der Waals surface area contributed by atoms with E-state index in [0.29, 0.717) is 16.2 Å². The lowest BCUT2D eigenvalue weighted by atomic mass is 10.1. The Kier molecular flexibility index (Phi) is 4.03. The zero-order valence-electron chi connectivity index (χ0n) is 12.0. The minimum absolute atomic E-state index is 0.0292. The van der Waals surface area contributed by atoms with Gasteiger partial charge >= 0.3 is 0 Å². The predicted octanol–water partition coefficient (Wildman–Crippen LogP) is 2.12. The first-order valence-corrected chi connectivity index (χ1v) is 7.62. The van der Waals surface area contributed by atoms with E-state index in [4.69, 9.17) is 0 Å². The number of aromatic nitrogens is 2. The molecule has 6 nitrogen and oxygen atoms in total. The third-order valence-corrected chi connectivity index (χ3v) is 4.21. The number of anilines is 2. The number of halogens is 2. The molecule has 0 bridgehead atoms. The van der Waals surface area contributed by atoms with Gasteiger partial charge in [0.25, 0.3) is 0 Å². The summed E-state index contributed by atoms with van der Waals surface area (Å²) >= 11 is 1.22. The SMILES string of the molecule is Cc1nnc(NC(=O)C2CC(=O)N(c3ccc(F)cc3F)C2)s1. The van der Waals surface area contributed by atoms with Crippen LogP contribution in [-0.4, -0.2) is 28.6 Å². The molecule has 3 rings (SSSR count).